The summed E-state index contributed by atoms with van der Waals surface area (Å²) < 4.78 is 10.5. The van der Waals surface area contributed by atoms with E-state index in [1.165, 1.54) is 0 Å². The maximum atomic E-state index is 10.8. The second kappa shape index (κ2) is 5.29. The van der Waals surface area contributed by atoms with Gasteiger partial charge in [-0.3, -0.25) is 4.79 Å². The lowest BCUT2D eigenvalue weighted by molar-refractivity contribution is -0.144. The topological polar surface area (TPSA) is 81.8 Å². The Hall–Kier alpha value is -0.650. The van der Waals surface area contributed by atoms with Crippen molar-refractivity contribution in [2.24, 2.45) is 17.6 Å². The van der Waals surface area contributed by atoms with E-state index >= 15 is 0 Å². The fourth-order valence-electron chi connectivity index (χ4n) is 1.59. The van der Waals surface area contributed by atoms with E-state index in [2.05, 4.69) is 0 Å². The van der Waals surface area contributed by atoms with E-state index < -0.39 is 11.9 Å². The van der Waals surface area contributed by atoms with Crippen LogP contribution in [-0.2, 0) is 14.3 Å². The molecule has 1 aliphatic heterocycles. The zero-order valence-corrected chi connectivity index (χ0v) is 8.31. The number of carbonyl (C=O) groups is 1. The summed E-state index contributed by atoms with van der Waals surface area (Å²) in [5.41, 5.74) is 5.39. The lowest BCUT2D eigenvalue weighted by Gasteiger charge is -2.20. The molecule has 82 valence electrons. The molecule has 1 rings (SSSR count). The number of carboxylic acid groups (broad SMARTS) is 1. The predicted molar refractivity (Wildman–Crippen MR) is 49.7 cm³/mol. The zero-order chi connectivity index (χ0) is 10.6. The maximum Gasteiger partial charge on any atom is 0.308 e. The Kier molecular flexibility index (Phi) is 4.31. The summed E-state index contributed by atoms with van der Waals surface area (Å²) in [6, 6.07) is 0. The van der Waals surface area contributed by atoms with Crippen LogP contribution in [0.3, 0.4) is 0 Å². The number of hydrogen-bond acceptors (Lipinski definition) is 4. The van der Waals surface area contributed by atoms with Gasteiger partial charge in [-0.2, -0.15) is 0 Å². The Labute approximate surface area is 83.2 Å². The van der Waals surface area contributed by atoms with Gasteiger partial charge in [-0.05, 0) is 5.92 Å². The monoisotopic (exact) mass is 203 g/mol. The lowest BCUT2D eigenvalue weighted by atomic mass is 9.91. The van der Waals surface area contributed by atoms with E-state index in [0.29, 0.717) is 19.6 Å². The molecule has 0 aromatic carbocycles. The van der Waals surface area contributed by atoms with Crippen molar-refractivity contribution in [1.82, 2.24) is 0 Å². The van der Waals surface area contributed by atoms with Crippen LogP contribution in [0.2, 0.25) is 0 Å². The van der Waals surface area contributed by atoms with Crippen LogP contribution < -0.4 is 5.73 Å². The first-order valence-electron chi connectivity index (χ1n) is 4.81. The number of aliphatic carboxylic acids is 1. The Morgan fingerprint density at radius 2 is 2.14 bits per heavy atom. The summed E-state index contributed by atoms with van der Waals surface area (Å²) in [6.07, 6.45) is 0.340. The second-order valence-corrected chi connectivity index (χ2v) is 3.56. The van der Waals surface area contributed by atoms with Crippen molar-refractivity contribution in [2.75, 3.05) is 19.8 Å². The minimum Gasteiger partial charge on any atom is -0.481 e. The molecule has 0 spiro atoms. The molecule has 1 heterocycles. The van der Waals surface area contributed by atoms with Crippen molar-refractivity contribution in [1.29, 1.82) is 0 Å². The molecule has 0 aliphatic carbocycles. The minimum atomic E-state index is -0.849. The summed E-state index contributed by atoms with van der Waals surface area (Å²) in [4.78, 5) is 10.8. The smallest absolute Gasteiger partial charge is 0.308 e. The lowest BCUT2D eigenvalue weighted by Crippen LogP contribution is -2.31. The first-order chi connectivity index (χ1) is 6.65. The molecule has 5 nitrogen and oxygen atoms in total. The third kappa shape index (κ3) is 2.94. The zero-order valence-electron chi connectivity index (χ0n) is 8.31. The summed E-state index contributed by atoms with van der Waals surface area (Å²) >= 11 is 0. The van der Waals surface area contributed by atoms with Gasteiger partial charge in [0.15, 0.2) is 6.29 Å². The molecule has 0 amide bonds. The van der Waals surface area contributed by atoms with Crippen LogP contribution in [0.4, 0.5) is 0 Å². The summed E-state index contributed by atoms with van der Waals surface area (Å²) in [7, 11) is 0. The Morgan fingerprint density at radius 3 is 2.57 bits per heavy atom. The molecule has 0 aromatic heterocycles. The van der Waals surface area contributed by atoms with Crippen LogP contribution in [0.5, 0.6) is 0 Å². The van der Waals surface area contributed by atoms with E-state index in [9.17, 15) is 4.79 Å². The minimum absolute atomic E-state index is 0.0272. The molecule has 3 N–H and O–H groups in total. The van der Waals surface area contributed by atoms with Crippen molar-refractivity contribution in [3.8, 4) is 0 Å². The summed E-state index contributed by atoms with van der Waals surface area (Å²) in [6.45, 7) is 3.20. The molecule has 1 saturated heterocycles. The fourth-order valence-corrected chi connectivity index (χ4v) is 1.59. The van der Waals surface area contributed by atoms with Crippen LogP contribution in [0.15, 0.2) is 0 Å². The maximum absolute atomic E-state index is 10.8. The van der Waals surface area contributed by atoms with Gasteiger partial charge in [0, 0.05) is 13.0 Å². The van der Waals surface area contributed by atoms with Gasteiger partial charge in [0.25, 0.3) is 0 Å². The van der Waals surface area contributed by atoms with Crippen molar-refractivity contribution in [3.05, 3.63) is 0 Å². The molecule has 1 fully saturated rings. The van der Waals surface area contributed by atoms with Gasteiger partial charge >= 0.3 is 5.97 Å². The Balaban J connectivity index is 2.37. The average molecular weight is 203 g/mol. The van der Waals surface area contributed by atoms with E-state index in [1.54, 1.807) is 0 Å². The van der Waals surface area contributed by atoms with Crippen molar-refractivity contribution >= 4 is 5.97 Å². The third-order valence-electron chi connectivity index (χ3n) is 2.51. The molecule has 0 aromatic rings. The molecule has 0 saturated carbocycles. The SMILES string of the molecule is CC(CC1OCCO1)C(CN)C(=O)O. The van der Waals surface area contributed by atoms with Crippen LogP contribution in [0.25, 0.3) is 0 Å². The van der Waals surface area contributed by atoms with Gasteiger partial charge in [-0.25, -0.2) is 0 Å². The normalized spacial score (nSPS) is 22.1. The van der Waals surface area contributed by atoms with Gasteiger partial charge in [0.1, 0.15) is 0 Å². The van der Waals surface area contributed by atoms with Crippen molar-refractivity contribution < 1.29 is 19.4 Å². The third-order valence-corrected chi connectivity index (χ3v) is 2.51. The standard InChI is InChI=1S/C9H17NO4/c1-6(7(5-10)9(11)12)4-8-13-2-3-14-8/h6-8H,2-5,10H2,1H3,(H,11,12). The molecule has 2 unspecified atom stereocenters. The van der Waals surface area contributed by atoms with E-state index in [0.717, 1.165) is 0 Å². The largest absolute Gasteiger partial charge is 0.481 e. The van der Waals surface area contributed by atoms with Crippen molar-refractivity contribution in [3.63, 3.8) is 0 Å². The highest BCUT2D eigenvalue weighted by atomic mass is 16.7. The van der Waals surface area contributed by atoms with Crippen LogP contribution in [0.1, 0.15) is 13.3 Å². The number of ether oxygens (including phenoxy) is 2. The van der Waals surface area contributed by atoms with E-state index in [1.807, 2.05) is 6.92 Å². The van der Waals surface area contributed by atoms with Gasteiger partial charge in [-0.1, -0.05) is 6.92 Å². The molecule has 5 heteroatoms. The molecule has 1 aliphatic rings. The Morgan fingerprint density at radius 1 is 1.57 bits per heavy atom. The Bertz CT molecular complexity index is 191. The highest BCUT2D eigenvalue weighted by Gasteiger charge is 2.27. The highest BCUT2D eigenvalue weighted by molar-refractivity contribution is 5.70. The molecular weight excluding hydrogens is 186 g/mol. The van der Waals surface area contributed by atoms with Gasteiger partial charge in [0.2, 0.25) is 0 Å². The van der Waals surface area contributed by atoms with Gasteiger partial charge < -0.3 is 20.3 Å². The molecule has 0 bridgehead atoms. The molecule has 0 radical (unpaired) electrons. The van der Waals surface area contributed by atoms with E-state index in [4.69, 9.17) is 20.3 Å². The van der Waals surface area contributed by atoms with Crippen LogP contribution >= 0.6 is 0 Å². The molecule has 2 atom stereocenters. The predicted octanol–water partition coefficient (Wildman–Crippen LogP) is 0.0450. The highest BCUT2D eigenvalue weighted by Crippen LogP contribution is 2.21. The van der Waals surface area contributed by atoms with E-state index in [-0.39, 0.29) is 18.8 Å². The average Bonchev–Trinajstić information content (AvgIpc) is 2.57. The summed E-state index contributed by atoms with van der Waals surface area (Å²) in [5, 5.41) is 8.86. The first kappa shape index (κ1) is 11.4. The first-order valence-corrected chi connectivity index (χ1v) is 4.81. The quantitative estimate of drug-likeness (QED) is 0.659. The fraction of sp³-hybridized carbons (Fsp3) is 0.889. The number of carboxylic acids is 1. The van der Waals surface area contributed by atoms with Gasteiger partial charge in [0.05, 0.1) is 19.1 Å². The van der Waals surface area contributed by atoms with Crippen molar-refractivity contribution in [2.45, 2.75) is 19.6 Å². The molecule has 14 heavy (non-hydrogen) atoms. The second-order valence-electron chi connectivity index (χ2n) is 3.56. The summed E-state index contributed by atoms with van der Waals surface area (Å²) in [5.74, 6) is -1.39. The number of hydrogen-bond donors (Lipinski definition) is 2. The van der Waals surface area contributed by atoms with Crippen LogP contribution in [0, 0.1) is 11.8 Å². The molecular formula is C9H17NO4. The van der Waals surface area contributed by atoms with Crippen LogP contribution in [-0.4, -0.2) is 37.1 Å². The van der Waals surface area contributed by atoms with Gasteiger partial charge in [-0.15, -0.1) is 0 Å². The number of rotatable bonds is 5. The number of nitrogens with two attached hydrogens (primary N) is 1.